The topological polar surface area (TPSA) is 98.4 Å². The third kappa shape index (κ3) is 4.52. The molecular formula is C28H25FN8. The molecule has 0 aliphatic heterocycles. The van der Waals surface area contributed by atoms with Gasteiger partial charge in [-0.3, -0.25) is 15.1 Å². The number of likely N-dealkylation sites (N-methyl/N-ethyl adjacent to an activating group) is 1. The lowest BCUT2D eigenvalue weighted by molar-refractivity contribution is 0.425. The molecule has 0 saturated heterocycles. The average molecular weight is 493 g/mol. The van der Waals surface area contributed by atoms with Crippen molar-refractivity contribution in [1.29, 1.82) is 0 Å². The second kappa shape index (κ2) is 9.44. The van der Waals surface area contributed by atoms with E-state index in [1.54, 1.807) is 12.4 Å². The van der Waals surface area contributed by atoms with Crippen molar-refractivity contribution in [3.8, 4) is 34.0 Å². The maximum Gasteiger partial charge on any atom is 0.159 e. The molecule has 0 unspecified atom stereocenters. The summed E-state index contributed by atoms with van der Waals surface area (Å²) >= 11 is 0. The summed E-state index contributed by atoms with van der Waals surface area (Å²) in [7, 11) is 4.00. The van der Waals surface area contributed by atoms with Gasteiger partial charge in [0.15, 0.2) is 5.82 Å². The normalized spacial score (nSPS) is 11.6. The Bertz CT molecular complexity index is 1700. The van der Waals surface area contributed by atoms with Crippen molar-refractivity contribution in [2.45, 2.75) is 0 Å². The molecule has 6 aromatic rings. The number of imidazole rings is 1. The standard InChI is InChI=1S/C28H25FN8/c1-37(2)12-11-30-20-14-18(13-19(29)16-20)25-27-24(8-10-32-25)33-28(34-27)26-21-15-17(6-7-23(21)35-36-26)22-5-3-4-9-31-22/h3-10,13-16,30H,11-12H2,1-2H3,(H,33,34)(H,35,36). The van der Waals surface area contributed by atoms with Gasteiger partial charge in [-0.1, -0.05) is 12.1 Å². The highest BCUT2D eigenvalue weighted by Gasteiger charge is 2.17. The van der Waals surface area contributed by atoms with Gasteiger partial charge in [0.25, 0.3) is 0 Å². The van der Waals surface area contributed by atoms with E-state index in [0.717, 1.165) is 34.2 Å². The van der Waals surface area contributed by atoms with E-state index in [-0.39, 0.29) is 5.82 Å². The third-order valence-corrected chi connectivity index (χ3v) is 6.21. The van der Waals surface area contributed by atoms with Gasteiger partial charge < -0.3 is 15.2 Å². The number of nitrogens with one attached hydrogen (secondary N) is 3. The minimum atomic E-state index is -0.334. The first-order valence-corrected chi connectivity index (χ1v) is 12.0. The molecule has 0 bridgehead atoms. The lowest BCUT2D eigenvalue weighted by atomic mass is 10.1. The molecule has 8 nitrogen and oxygen atoms in total. The Morgan fingerprint density at radius 3 is 2.65 bits per heavy atom. The summed E-state index contributed by atoms with van der Waals surface area (Å²) in [5.41, 5.74) is 6.86. The van der Waals surface area contributed by atoms with Crippen LogP contribution in [0.5, 0.6) is 0 Å². The number of aromatic nitrogens is 6. The van der Waals surface area contributed by atoms with Crippen LogP contribution < -0.4 is 5.32 Å². The van der Waals surface area contributed by atoms with Crippen LogP contribution in [0.25, 0.3) is 56.0 Å². The highest BCUT2D eigenvalue weighted by atomic mass is 19.1. The molecule has 0 aliphatic rings. The molecule has 6 rings (SSSR count). The van der Waals surface area contributed by atoms with Crippen molar-refractivity contribution in [1.82, 2.24) is 35.0 Å². The number of hydrogen-bond donors (Lipinski definition) is 3. The Kier molecular flexibility index (Phi) is 5.82. The minimum absolute atomic E-state index is 0.334. The number of pyridine rings is 2. The number of halogens is 1. The van der Waals surface area contributed by atoms with Crippen LogP contribution >= 0.6 is 0 Å². The van der Waals surface area contributed by atoms with Crippen molar-refractivity contribution < 1.29 is 4.39 Å². The van der Waals surface area contributed by atoms with Gasteiger partial charge in [0.1, 0.15) is 17.0 Å². The number of anilines is 1. The first-order chi connectivity index (χ1) is 18.0. The lowest BCUT2D eigenvalue weighted by Gasteiger charge is -2.12. The van der Waals surface area contributed by atoms with Crippen molar-refractivity contribution in [3.05, 3.63) is 78.9 Å². The van der Waals surface area contributed by atoms with E-state index >= 15 is 0 Å². The molecule has 0 radical (unpaired) electrons. The fraction of sp³-hybridized carbons (Fsp3) is 0.143. The summed E-state index contributed by atoms with van der Waals surface area (Å²) in [6.45, 7) is 1.54. The Balaban J connectivity index is 1.41. The summed E-state index contributed by atoms with van der Waals surface area (Å²) in [5, 5.41) is 11.8. The smallest absolute Gasteiger partial charge is 0.159 e. The van der Waals surface area contributed by atoms with Crippen LogP contribution in [0.15, 0.2) is 73.1 Å². The number of H-pyrrole nitrogens is 2. The number of fused-ring (bicyclic) bond motifs is 2. The van der Waals surface area contributed by atoms with E-state index in [1.165, 1.54) is 12.1 Å². The Labute approximate surface area is 212 Å². The highest BCUT2D eigenvalue weighted by Crippen LogP contribution is 2.33. The van der Waals surface area contributed by atoms with Gasteiger partial charge in [0.05, 0.1) is 22.4 Å². The van der Waals surface area contributed by atoms with Crippen LogP contribution in [0.3, 0.4) is 0 Å². The Morgan fingerprint density at radius 2 is 1.81 bits per heavy atom. The first kappa shape index (κ1) is 22.8. The summed E-state index contributed by atoms with van der Waals surface area (Å²) in [4.78, 5) is 19.3. The fourth-order valence-electron chi connectivity index (χ4n) is 4.40. The molecule has 3 N–H and O–H groups in total. The van der Waals surface area contributed by atoms with E-state index in [2.05, 4.69) is 41.4 Å². The number of nitrogens with zero attached hydrogens (tertiary/aromatic N) is 5. The van der Waals surface area contributed by atoms with Crippen LogP contribution in [0.1, 0.15) is 0 Å². The van der Waals surface area contributed by atoms with Crippen LogP contribution in [-0.4, -0.2) is 62.2 Å². The Hall–Kier alpha value is -4.63. The SMILES string of the molecule is CN(C)CCNc1cc(F)cc(-c2nccc3[nH]c(-c4n[nH]c5ccc(-c6ccccn6)cc45)nc23)c1. The van der Waals surface area contributed by atoms with E-state index in [1.807, 2.05) is 56.6 Å². The molecule has 184 valence electrons. The number of aromatic amines is 2. The lowest BCUT2D eigenvalue weighted by Crippen LogP contribution is -2.20. The quantitative estimate of drug-likeness (QED) is 0.278. The van der Waals surface area contributed by atoms with Gasteiger partial charge in [-0.05, 0) is 62.6 Å². The zero-order valence-corrected chi connectivity index (χ0v) is 20.5. The predicted molar refractivity (Wildman–Crippen MR) is 145 cm³/mol. The molecule has 0 aliphatic carbocycles. The molecule has 0 fully saturated rings. The summed E-state index contributed by atoms with van der Waals surface area (Å²) in [6, 6.07) is 18.6. The summed E-state index contributed by atoms with van der Waals surface area (Å²) < 4.78 is 14.6. The zero-order chi connectivity index (χ0) is 25.4. The molecular weight excluding hydrogens is 467 g/mol. The van der Waals surface area contributed by atoms with E-state index in [9.17, 15) is 4.39 Å². The van der Waals surface area contributed by atoms with Crippen LogP contribution in [-0.2, 0) is 0 Å². The van der Waals surface area contributed by atoms with Gasteiger partial charge in [-0.15, -0.1) is 0 Å². The maximum absolute atomic E-state index is 14.6. The molecule has 0 spiro atoms. The van der Waals surface area contributed by atoms with Crippen molar-refractivity contribution >= 4 is 27.6 Å². The minimum Gasteiger partial charge on any atom is -0.384 e. The van der Waals surface area contributed by atoms with Gasteiger partial charge >= 0.3 is 0 Å². The van der Waals surface area contributed by atoms with Crippen LogP contribution in [0.4, 0.5) is 10.1 Å². The van der Waals surface area contributed by atoms with Gasteiger partial charge in [-0.2, -0.15) is 5.10 Å². The number of hydrogen-bond acceptors (Lipinski definition) is 6. The van der Waals surface area contributed by atoms with Crippen molar-refractivity contribution in [3.63, 3.8) is 0 Å². The van der Waals surface area contributed by atoms with Gasteiger partial charge in [0.2, 0.25) is 0 Å². The largest absolute Gasteiger partial charge is 0.384 e. The summed E-state index contributed by atoms with van der Waals surface area (Å²) in [6.07, 6.45) is 3.48. The van der Waals surface area contributed by atoms with Gasteiger partial charge in [-0.25, -0.2) is 9.37 Å². The molecule has 37 heavy (non-hydrogen) atoms. The molecule has 0 saturated carbocycles. The second-order valence-electron chi connectivity index (χ2n) is 9.15. The average Bonchev–Trinajstić information content (AvgIpc) is 3.52. The number of rotatable bonds is 7. The molecule has 2 aromatic carbocycles. The van der Waals surface area contributed by atoms with Crippen molar-refractivity contribution in [2.75, 3.05) is 32.5 Å². The summed E-state index contributed by atoms with van der Waals surface area (Å²) in [5.74, 6) is 0.272. The Morgan fingerprint density at radius 1 is 0.892 bits per heavy atom. The number of benzene rings is 2. The molecule has 4 heterocycles. The molecule has 0 amide bonds. The zero-order valence-electron chi connectivity index (χ0n) is 20.5. The molecule has 0 atom stereocenters. The van der Waals surface area contributed by atoms with Crippen LogP contribution in [0, 0.1) is 5.82 Å². The van der Waals surface area contributed by atoms with E-state index in [0.29, 0.717) is 40.5 Å². The molecule has 4 aromatic heterocycles. The van der Waals surface area contributed by atoms with E-state index < -0.39 is 0 Å². The third-order valence-electron chi connectivity index (χ3n) is 6.21. The maximum atomic E-state index is 14.6. The molecule has 9 heteroatoms. The first-order valence-electron chi connectivity index (χ1n) is 12.0. The van der Waals surface area contributed by atoms with E-state index in [4.69, 9.17) is 4.98 Å². The van der Waals surface area contributed by atoms with Crippen LogP contribution in [0.2, 0.25) is 0 Å². The predicted octanol–water partition coefficient (Wildman–Crippen LogP) is 5.34. The highest BCUT2D eigenvalue weighted by molar-refractivity contribution is 5.97. The second-order valence-corrected chi connectivity index (χ2v) is 9.15. The monoisotopic (exact) mass is 492 g/mol. The van der Waals surface area contributed by atoms with Crippen molar-refractivity contribution in [2.24, 2.45) is 0 Å². The van der Waals surface area contributed by atoms with Gasteiger partial charge in [0, 0.05) is 47.7 Å². The fourth-order valence-corrected chi connectivity index (χ4v) is 4.40.